The van der Waals surface area contributed by atoms with E-state index >= 15 is 0 Å². The summed E-state index contributed by atoms with van der Waals surface area (Å²) >= 11 is 16.9. The van der Waals surface area contributed by atoms with Crippen molar-refractivity contribution in [2.24, 2.45) is 5.10 Å². The molecular weight excluding hydrogens is 315 g/mol. The third-order valence-electron chi connectivity index (χ3n) is 2.49. The molecule has 0 amide bonds. The Bertz CT molecular complexity index is 638. The van der Waals surface area contributed by atoms with Gasteiger partial charge in [-0.1, -0.05) is 23.2 Å². The predicted octanol–water partition coefficient (Wildman–Crippen LogP) is 4.03. The number of aromatic amines is 1. The number of hydrogen-bond donors (Lipinski definition) is 3. The molecule has 1 aromatic heterocycles. The van der Waals surface area contributed by atoms with Crippen LogP contribution >= 0.6 is 35.4 Å². The van der Waals surface area contributed by atoms with Crippen LogP contribution < -0.4 is 10.7 Å². The van der Waals surface area contributed by atoms with Crippen molar-refractivity contribution in [2.45, 2.75) is 6.92 Å². The van der Waals surface area contributed by atoms with Crippen LogP contribution in [-0.4, -0.2) is 15.8 Å². The van der Waals surface area contributed by atoms with Gasteiger partial charge >= 0.3 is 0 Å². The zero-order chi connectivity index (χ0) is 14.5. The third-order valence-corrected chi connectivity index (χ3v) is 3.42. The minimum atomic E-state index is 0.370. The number of benzene rings is 1. The molecule has 4 nitrogen and oxygen atoms in total. The number of H-pyrrole nitrogens is 1. The number of rotatable bonds is 3. The molecule has 0 spiro atoms. The smallest absolute Gasteiger partial charge is 0.191 e. The van der Waals surface area contributed by atoms with E-state index in [1.165, 1.54) is 0 Å². The van der Waals surface area contributed by atoms with Gasteiger partial charge in [-0.3, -0.25) is 5.43 Å². The molecule has 2 aromatic rings. The summed E-state index contributed by atoms with van der Waals surface area (Å²) in [4.78, 5) is 3.06. The number of halogens is 2. The lowest BCUT2D eigenvalue weighted by Gasteiger charge is -2.08. The summed E-state index contributed by atoms with van der Waals surface area (Å²) in [6.07, 6.45) is 1.83. The average molecular weight is 327 g/mol. The molecular formula is C13H12Cl2N4S. The number of anilines is 1. The van der Waals surface area contributed by atoms with Gasteiger partial charge < -0.3 is 10.3 Å². The number of nitrogens with zero attached hydrogens (tertiary/aromatic N) is 1. The fourth-order valence-corrected chi connectivity index (χ4v) is 1.94. The molecule has 0 saturated carbocycles. The Kier molecular flexibility index (Phi) is 5.00. The van der Waals surface area contributed by atoms with E-state index in [0.717, 1.165) is 17.1 Å². The molecule has 0 aliphatic carbocycles. The van der Waals surface area contributed by atoms with Gasteiger partial charge in [-0.15, -0.1) is 0 Å². The standard InChI is InChI=1S/C13H12Cl2N4S/c1-8(12-3-2-6-16-12)18-19-13(20)17-9-4-5-10(14)11(15)7-9/h2-7,16H,1H3,(H2,17,19,20)/b18-8+. The van der Waals surface area contributed by atoms with Gasteiger partial charge in [0.05, 0.1) is 21.5 Å². The minimum Gasteiger partial charge on any atom is -0.360 e. The van der Waals surface area contributed by atoms with Crippen LogP contribution in [0.25, 0.3) is 0 Å². The number of hydrogen-bond acceptors (Lipinski definition) is 2. The Labute approximate surface area is 132 Å². The van der Waals surface area contributed by atoms with Crippen molar-refractivity contribution < 1.29 is 0 Å². The lowest BCUT2D eigenvalue weighted by Crippen LogP contribution is -2.25. The molecule has 0 aliphatic heterocycles. The number of thiocarbonyl (C=S) groups is 1. The highest BCUT2D eigenvalue weighted by Gasteiger charge is 2.02. The average Bonchev–Trinajstić information content (AvgIpc) is 2.94. The Morgan fingerprint density at radius 1 is 1.25 bits per heavy atom. The van der Waals surface area contributed by atoms with Gasteiger partial charge in [0, 0.05) is 11.9 Å². The quantitative estimate of drug-likeness (QED) is 0.453. The van der Waals surface area contributed by atoms with Gasteiger partial charge in [-0.05, 0) is 49.5 Å². The van der Waals surface area contributed by atoms with Crippen LogP contribution in [0.3, 0.4) is 0 Å². The summed E-state index contributed by atoms with van der Waals surface area (Å²) in [5, 5.41) is 8.48. The topological polar surface area (TPSA) is 52.2 Å². The van der Waals surface area contributed by atoms with Crippen molar-refractivity contribution in [3.05, 3.63) is 52.3 Å². The van der Waals surface area contributed by atoms with E-state index in [0.29, 0.717) is 15.2 Å². The first kappa shape index (κ1) is 14.8. The summed E-state index contributed by atoms with van der Waals surface area (Å²) in [7, 11) is 0. The number of nitrogens with one attached hydrogen (secondary N) is 3. The maximum Gasteiger partial charge on any atom is 0.191 e. The first-order chi connectivity index (χ1) is 9.56. The van der Waals surface area contributed by atoms with E-state index in [-0.39, 0.29) is 0 Å². The fourth-order valence-electron chi connectivity index (χ4n) is 1.48. The monoisotopic (exact) mass is 326 g/mol. The van der Waals surface area contributed by atoms with Crippen LogP contribution in [0, 0.1) is 0 Å². The second kappa shape index (κ2) is 6.74. The van der Waals surface area contributed by atoms with Crippen LogP contribution in [0.4, 0.5) is 5.69 Å². The number of hydrazone groups is 1. The Morgan fingerprint density at radius 2 is 2.05 bits per heavy atom. The first-order valence-corrected chi connectivity index (χ1v) is 6.93. The van der Waals surface area contributed by atoms with Gasteiger partial charge in [0.1, 0.15) is 0 Å². The van der Waals surface area contributed by atoms with Crippen LogP contribution in [0.5, 0.6) is 0 Å². The van der Waals surface area contributed by atoms with Crippen molar-refractivity contribution in [1.82, 2.24) is 10.4 Å². The molecule has 0 bridgehead atoms. The Morgan fingerprint density at radius 3 is 2.70 bits per heavy atom. The van der Waals surface area contributed by atoms with Crippen LogP contribution in [-0.2, 0) is 0 Å². The van der Waals surface area contributed by atoms with Gasteiger partial charge in [-0.2, -0.15) is 5.10 Å². The molecule has 2 rings (SSSR count). The van der Waals surface area contributed by atoms with Gasteiger partial charge in [-0.25, -0.2) is 0 Å². The Hall–Kier alpha value is -1.56. The second-order valence-corrected chi connectivity index (χ2v) is 5.20. The van der Waals surface area contributed by atoms with E-state index in [1.54, 1.807) is 18.2 Å². The maximum atomic E-state index is 5.93. The number of aromatic nitrogens is 1. The van der Waals surface area contributed by atoms with E-state index in [9.17, 15) is 0 Å². The lowest BCUT2D eigenvalue weighted by atomic mass is 10.3. The molecule has 0 atom stereocenters. The molecule has 0 fully saturated rings. The van der Waals surface area contributed by atoms with Crippen molar-refractivity contribution in [1.29, 1.82) is 0 Å². The molecule has 1 aromatic carbocycles. The highest BCUT2D eigenvalue weighted by molar-refractivity contribution is 7.80. The van der Waals surface area contributed by atoms with Crippen molar-refractivity contribution in [2.75, 3.05) is 5.32 Å². The molecule has 0 unspecified atom stereocenters. The minimum absolute atomic E-state index is 0.370. The second-order valence-electron chi connectivity index (χ2n) is 3.98. The first-order valence-electron chi connectivity index (χ1n) is 5.76. The van der Waals surface area contributed by atoms with Gasteiger partial charge in [0.15, 0.2) is 5.11 Å². The van der Waals surface area contributed by atoms with Crippen LogP contribution in [0.15, 0.2) is 41.6 Å². The van der Waals surface area contributed by atoms with Crippen molar-refractivity contribution >= 4 is 51.9 Å². The molecule has 0 aliphatic rings. The van der Waals surface area contributed by atoms with E-state index in [2.05, 4.69) is 20.8 Å². The molecule has 104 valence electrons. The largest absolute Gasteiger partial charge is 0.360 e. The lowest BCUT2D eigenvalue weighted by molar-refractivity contribution is 1.03. The van der Waals surface area contributed by atoms with Crippen molar-refractivity contribution in [3.8, 4) is 0 Å². The SMILES string of the molecule is C/C(=N\NC(=S)Nc1ccc(Cl)c(Cl)c1)c1ccc[nH]1. The van der Waals surface area contributed by atoms with Crippen LogP contribution in [0.1, 0.15) is 12.6 Å². The summed E-state index contributed by atoms with van der Waals surface area (Å²) < 4.78 is 0. The molecule has 0 saturated heterocycles. The fraction of sp³-hybridized carbons (Fsp3) is 0.0769. The third kappa shape index (κ3) is 3.96. The molecule has 7 heteroatoms. The molecule has 20 heavy (non-hydrogen) atoms. The highest BCUT2D eigenvalue weighted by Crippen LogP contribution is 2.24. The summed E-state index contributed by atoms with van der Waals surface area (Å²) in [5.74, 6) is 0. The maximum absolute atomic E-state index is 5.93. The van der Waals surface area contributed by atoms with Crippen molar-refractivity contribution in [3.63, 3.8) is 0 Å². The molecule has 3 N–H and O–H groups in total. The summed E-state index contributed by atoms with van der Waals surface area (Å²) in [6.45, 7) is 1.88. The van der Waals surface area contributed by atoms with Gasteiger partial charge in [0.25, 0.3) is 0 Å². The van der Waals surface area contributed by atoms with E-state index < -0.39 is 0 Å². The predicted molar refractivity (Wildman–Crippen MR) is 88.8 cm³/mol. The zero-order valence-electron chi connectivity index (χ0n) is 10.6. The van der Waals surface area contributed by atoms with E-state index in [1.807, 2.05) is 25.3 Å². The summed E-state index contributed by atoms with van der Waals surface area (Å²) in [6, 6.07) is 9.00. The Balaban J connectivity index is 1.95. The highest BCUT2D eigenvalue weighted by atomic mass is 35.5. The van der Waals surface area contributed by atoms with E-state index in [4.69, 9.17) is 35.4 Å². The van der Waals surface area contributed by atoms with Gasteiger partial charge in [0.2, 0.25) is 0 Å². The zero-order valence-corrected chi connectivity index (χ0v) is 12.9. The normalized spacial score (nSPS) is 11.2. The molecule has 1 heterocycles. The molecule has 0 radical (unpaired) electrons. The summed E-state index contributed by atoms with van der Waals surface area (Å²) in [5.41, 5.74) is 5.23. The van der Waals surface area contributed by atoms with Crippen LogP contribution in [0.2, 0.25) is 10.0 Å².